The van der Waals surface area contributed by atoms with Crippen molar-refractivity contribution in [2.75, 3.05) is 0 Å². The maximum Gasteiger partial charge on any atom is 0.358 e. The van der Waals surface area contributed by atoms with Crippen molar-refractivity contribution in [1.82, 2.24) is 0 Å². The summed E-state index contributed by atoms with van der Waals surface area (Å²) in [6, 6.07) is 13.2. The Morgan fingerprint density at radius 3 is 2.28 bits per heavy atom. The highest BCUT2D eigenvalue weighted by Gasteiger charge is 2.16. The molecular weight excluding hydrogens is 431 g/mol. The first kappa shape index (κ1) is 20.9. The molecule has 1 aliphatic carbocycles. The maximum absolute atomic E-state index is 12.2. The zero-order chi connectivity index (χ0) is 21.0. The lowest BCUT2D eigenvalue weighted by atomic mass is 9.97. The van der Waals surface area contributed by atoms with Crippen molar-refractivity contribution < 1.29 is 12.7 Å². The van der Waals surface area contributed by atoms with Crippen molar-refractivity contribution in [2.24, 2.45) is 5.16 Å². The summed E-state index contributed by atoms with van der Waals surface area (Å²) in [7, 11) is -4.01. The Balaban J connectivity index is 1.83. The molecule has 0 aliphatic heterocycles. The van der Waals surface area contributed by atoms with Crippen LogP contribution in [0.2, 0.25) is 10.0 Å². The predicted octanol–water partition coefficient (Wildman–Crippen LogP) is 5.47. The van der Waals surface area contributed by atoms with E-state index in [1.54, 1.807) is 54.6 Å². The normalized spacial score (nSPS) is 13.2. The van der Waals surface area contributed by atoms with Crippen molar-refractivity contribution in [3.8, 4) is 6.07 Å². The standard InChI is InChI=1S/C21H14Cl2N2O3S/c1-14-2-9-18(10-3-14)29(26,27)28-25-17-7-4-15(5-8-17)20(13-24)19-11-6-16(22)12-21(19)23/h2-12H,1H3. The third-order valence-corrected chi connectivity index (χ3v) is 5.69. The summed E-state index contributed by atoms with van der Waals surface area (Å²) in [4.78, 5) is 0.0148. The van der Waals surface area contributed by atoms with Crippen LogP contribution in [0.5, 0.6) is 0 Å². The first-order valence-corrected chi connectivity index (χ1v) is 10.5. The summed E-state index contributed by atoms with van der Waals surface area (Å²) < 4.78 is 29.2. The summed E-state index contributed by atoms with van der Waals surface area (Å²) >= 11 is 12.1. The number of hydrogen-bond donors (Lipinski definition) is 0. The monoisotopic (exact) mass is 444 g/mol. The minimum atomic E-state index is -4.01. The van der Waals surface area contributed by atoms with Crippen molar-refractivity contribution in [3.05, 3.63) is 93.5 Å². The Labute approximate surface area is 178 Å². The molecule has 8 heteroatoms. The molecule has 2 aromatic carbocycles. The van der Waals surface area contributed by atoms with Gasteiger partial charge in [0.25, 0.3) is 0 Å². The molecule has 0 aromatic heterocycles. The lowest BCUT2D eigenvalue weighted by Gasteiger charge is -2.09. The van der Waals surface area contributed by atoms with Crippen LogP contribution in [-0.2, 0) is 14.4 Å². The van der Waals surface area contributed by atoms with E-state index in [9.17, 15) is 13.7 Å². The first-order valence-electron chi connectivity index (χ1n) is 8.34. The van der Waals surface area contributed by atoms with Gasteiger partial charge >= 0.3 is 10.1 Å². The number of aryl methyl sites for hydroxylation is 1. The molecule has 0 bridgehead atoms. The topological polar surface area (TPSA) is 79.5 Å². The Bertz CT molecular complexity index is 1200. The molecule has 0 N–H and O–H groups in total. The zero-order valence-electron chi connectivity index (χ0n) is 15.1. The number of allylic oxidation sites excluding steroid dienone is 6. The molecule has 0 radical (unpaired) electrons. The van der Waals surface area contributed by atoms with Gasteiger partial charge < -0.3 is 0 Å². The van der Waals surface area contributed by atoms with Crippen molar-refractivity contribution in [2.45, 2.75) is 11.8 Å². The van der Waals surface area contributed by atoms with Gasteiger partial charge in [-0.3, -0.25) is 4.28 Å². The fourth-order valence-electron chi connectivity index (χ4n) is 2.50. The fourth-order valence-corrected chi connectivity index (χ4v) is 3.74. The molecule has 3 rings (SSSR count). The Morgan fingerprint density at radius 1 is 1.03 bits per heavy atom. The van der Waals surface area contributed by atoms with E-state index in [-0.39, 0.29) is 10.6 Å². The number of nitrogens with zero attached hydrogens (tertiary/aromatic N) is 2. The number of oxime groups is 1. The van der Waals surface area contributed by atoms with E-state index in [4.69, 9.17) is 27.5 Å². The molecule has 0 saturated carbocycles. The average Bonchev–Trinajstić information content (AvgIpc) is 2.70. The third kappa shape index (κ3) is 4.96. The summed E-state index contributed by atoms with van der Waals surface area (Å²) in [5.41, 5.74) is 2.70. The Morgan fingerprint density at radius 2 is 1.69 bits per heavy atom. The zero-order valence-corrected chi connectivity index (χ0v) is 17.5. The van der Waals surface area contributed by atoms with Gasteiger partial charge in [0.1, 0.15) is 16.7 Å². The van der Waals surface area contributed by atoms with Crippen LogP contribution < -0.4 is 0 Å². The second-order valence-corrected chi connectivity index (χ2v) is 8.46. The highest BCUT2D eigenvalue weighted by Crippen LogP contribution is 2.30. The van der Waals surface area contributed by atoms with Crippen molar-refractivity contribution in [3.63, 3.8) is 0 Å². The Hall–Kier alpha value is -2.85. The smallest absolute Gasteiger partial charge is 0.264 e. The van der Waals surface area contributed by atoms with E-state index in [2.05, 4.69) is 11.2 Å². The van der Waals surface area contributed by atoms with Gasteiger partial charge in [-0.2, -0.15) is 13.7 Å². The number of hydrogen-bond acceptors (Lipinski definition) is 5. The first-order chi connectivity index (χ1) is 13.8. The maximum atomic E-state index is 12.2. The van der Waals surface area contributed by atoms with Gasteiger partial charge in [-0.1, -0.05) is 64.3 Å². The number of benzene rings is 2. The molecule has 29 heavy (non-hydrogen) atoms. The lowest BCUT2D eigenvalue weighted by Crippen LogP contribution is -2.05. The van der Waals surface area contributed by atoms with Crippen LogP contribution in [0.3, 0.4) is 0 Å². The second kappa shape index (κ2) is 8.66. The van der Waals surface area contributed by atoms with E-state index in [1.165, 1.54) is 12.1 Å². The molecule has 0 heterocycles. The molecular formula is C21H14Cl2N2O3S. The second-order valence-electron chi connectivity index (χ2n) is 6.09. The van der Waals surface area contributed by atoms with E-state index < -0.39 is 10.1 Å². The van der Waals surface area contributed by atoms with Gasteiger partial charge in [-0.05, 0) is 48.9 Å². The SMILES string of the molecule is Cc1ccc(S(=O)(=O)ON=C2C=CC(=C(C#N)c3ccc(Cl)cc3Cl)C=C2)cc1. The van der Waals surface area contributed by atoms with Crippen LogP contribution in [-0.4, -0.2) is 14.1 Å². The van der Waals surface area contributed by atoms with E-state index in [0.29, 0.717) is 26.8 Å². The number of nitriles is 1. The molecule has 0 amide bonds. The van der Waals surface area contributed by atoms with Gasteiger partial charge in [0.2, 0.25) is 0 Å². The molecule has 0 unspecified atom stereocenters. The predicted molar refractivity (Wildman–Crippen MR) is 114 cm³/mol. The van der Waals surface area contributed by atoms with Crippen molar-refractivity contribution >= 4 is 44.6 Å². The van der Waals surface area contributed by atoms with Gasteiger partial charge in [0, 0.05) is 10.6 Å². The van der Waals surface area contributed by atoms with E-state index in [1.807, 2.05) is 6.92 Å². The van der Waals surface area contributed by atoms with Crippen LogP contribution >= 0.6 is 23.2 Å². The molecule has 0 spiro atoms. The van der Waals surface area contributed by atoms with Crippen LogP contribution in [0.4, 0.5) is 0 Å². The lowest BCUT2D eigenvalue weighted by molar-refractivity contribution is 0.339. The quantitative estimate of drug-likeness (QED) is 0.462. The van der Waals surface area contributed by atoms with Crippen LogP contribution in [0.15, 0.2) is 82.4 Å². The number of rotatable bonds is 4. The van der Waals surface area contributed by atoms with Gasteiger partial charge in [0.05, 0.1) is 10.6 Å². The molecule has 0 saturated heterocycles. The molecule has 0 atom stereocenters. The average molecular weight is 445 g/mol. The molecule has 2 aromatic rings. The minimum absolute atomic E-state index is 0.0148. The van der Waals surface area contributed by atoms with E-state index >= 15 is 0 Å². The summed E-state index contributed by atoms with van der Waals surface area (Å²) in [6.07, 6.45) is 6.34. The number of halogens is 2. The van der Waals surface area contributed by atoms with Crippen LogP contribution in [0.1, 0.15) is 11.1 Å². The molecule has 1 aliphatic rings. The van der Waals surface area contributed by atoms with Gasteiger partial charge in [0.15, 0.2) is 0 Å². The van der Waals surface area contributed by atoms with Crippen LogP contribution in [0, 0.1) is 18.3 Å². The molecule has 0 fully saturated rings. The summed E-state index contributed by atoms with van der Waals surface area (Å²) in [6.45, 7) is 1.85. The minimum Gasteiger partial charge on any atom is -0.264 e. The van der Waals surface area contributed by atoms with Crippen LogP contribution in [0.25, 0.3) is 5.57 Å². The highest BCUT2D eigenvalue weighted by molar-refractivity contribution is 7.86. The third-order valence-electron chi connectivity index (χ3n) is 4.02. The highest BCUT2D eigenvalue weighted by atomic mass is 35.5. The molecule has 5 nitrogen and oxygen atoms in total. The van der Waals surface area contributed by atoms with Gasteiger partial charge in [-0.25, -0.2) is 0 Å². The molecule has 146 valence electrons. The Kier molecular flexibility index (Phi) is 6.23. The largest absolute Gasteiger partial charge is 0.358 e. The van der Waals surface area contributed by atoms with Crippen molar-refractivity contribution in [1.29, 1.82) is 5.26 Å². The summed E-state index contributed by atoms with van der Waals surface area (Å²) in [5.74, 6) is 0. The van der Waals surface area contributed by atoms with E-state index in [0.717, 1.165) is 5.56 Å². The van der Waals surface area contributed by atoms with Gasteiger partial charge in [-0.15, -0.1) is 0 Å². The summed E-state index contributed by atoms with van der Waals surface area (Å²) in [5, 5.41) is 14.1. The fraction of sp³-hybridized carbons (Fsp3) is 0.0476.